The first-order valence-corrected chi connectivity index (χ1v) is 41.3. The number of aliphatic hydroxyl groups excluding tert-OH is 1. The summed E-state index contributed by atoms with van der Waals surface area (Å²) >= 11 is 0. The summed E-state index contributed by atoms with van der Waals surface area (Å²) in [6.45, 7) is 4.87. The Bertz CT molecular complexity index is 1760. The predicted molar refractivity (Wildman–Crippen MR) is 372 cm³/mol. The van der Waals surface area contributed by atoms with Crippen molar-refractivity contribution in [2.75, 3.05) is 39.6 Å². The van der Waals surface area contributed by atoms with E-state index in [0.29, 0.717) is 25.7 Å². The van der Waals surface area contributed by atoms with Crippen LogP contribution < -0.4 is 0 Å². The first-order chi connectivity index (χ1) is 44.7. The van der Waals surface area contributed by atoms with E-state index in [9.17, 15) is 43.2 Å². The fourth-order valence-corrected chi connectivity index (χ4v) is 12.8. The number of phosphoric ester groups is 2. The fraction of sp³-hybridized carbons (Fsp3) is 0.945. The molecule has 0 aliphatic heterocycles. The first kappa shape index (κ1) is 90.1. The zero-order chi connectivity index (χ0) is 67.5. The molecule has 3 N–H and O–H groups in total. The number of esters is 4. The highest BCUT2D eigenvalue weighted by atomic mass is 31.2. The molecule has 0 heterocycles. The Morgan fingerprint density at radius 1 is 0.261 bits per heavy atom. The molecule has 0 saturated carbocycles. The predicted octanol–water partition coefficient (Wildman–Crippen LogP) is 21.4. The molecule has 0 amide bonds. The van der Waals surface area contributed by atoms with Gasteiger partial charge in [0.05, 0.1) is 26.4 Å². The topological polar surface area (TPSA) is 237 Å². The molecule has 2 unspecified atom stereocenters. The molecule has 0 rings (SSSR count). The molecule has 0 aromatic rings. The van der Waals surface area contributed by atoms with E-state index in [1.807, 2.05) is 0 Å². The zero-order valence-electron chi connectivity index (χ0n) is 59.5. The smallest absolute Gasteiger partial charge is 0.462 e. The summed E-state index contributed by atoms with van der Waals surface area (Å²) in [7, 11) is -9.89. The van der Waals surface area contributed by atoms with Gasteiger partial charge in [-0.1, -0.05) is 336 Å². The van der Waals surface area contributed by atoms with Crippen LogP contribution in [0.15, 0.2) is 0 Å². The Morgan fingerprint density at radius 2 is 0.435 bits per heavy atom. The van der Waals surface area contributed by atoms with Crippen LogP contribution in [0.4, 0.5) is 0 Å². The molecule has 0 radical (unpaired) electrons. The standard InChI is InChI=1S/C73H142O17P2/c1-5-9-13-17-21-23-25-27-29-31-32-33-34-35-36-38-40-42-44-48-52-56-60-73(78)90-69(64-84-71(76)58-54-50-47-43-41-39-37-30-28-26-24-22-18-14-10-6-2)66-88-92(81,82)86-62-67(74)61-85-91(79,80)87-65-68(89-72(77)59-55-51-46-20-16-12-8-4)63-83-70(75)57-53-49-45-19-15-11-7-3/h67-69,74H,5-66H2,1-4H3,(H,79,80)(H,81,82)/t67-,68+,69+/m0/s1. The minimum absolute atomic E-state index is 0.104. The second-order valence-corrected chi connectivity index (χ2v) is 29.2. The van der Waals surface area contributed by atoms with Gasteiger partial charge in [0.1, 0.15) is 19.3 Å². The van der Waals surface area contributed by atoms with E-state index in [1.165, 1.54) is 193 Å². The number of ether oxygens (including phenoxy) is 4. The van der Waals surface area contributed by atoms with Crippen LogP contribution in [0.1, 0.15) is 387 Å². The van der Waals surface area contributed by atoms with Gasteiger partial charge in [0.2, 0.25) is 0 Å². The zero-order valence-corrected chi connectivity index (χ0v) is 61.3. The van der Waals surface area contributed by atoms with Crippen LogP contribution >= 0.6 is 15.6 Å². The van der Waals surface area contributed by atoms with Crippen molar-refractivity contribution in [1.29, 1.82) is 0 Å². The number of phosphoric acid groups is 2. The molecule has 5 atom stereocenters. The van der Waals surface area contributed by atoms with E-state index in [0.717, 1.165) is 116 Å². The van der Waals surface area contributed by atoms with Crippen molar-refractivity contribution in [2.24, 2.45) is 0 Å². The molecule has 0 bridgehead atoms. The first-order valence-electron chi connectivity index (χ1n) is 38.3. The van der Waals surface area contributed by atoms with Crippen LogP contribution in [0.25, 0.3) is 0 Å². The average molecular weight is 1350 g/mol. The summed E-state index contributed by atoms with van der Waals surface area (Å²) < 4.78 is 68.1. The minimum Gasteiger partial charge on any atom is -0.462 e. The summed E-state index contributed by atoms with van der Waals surface area (Å²) in [6, 6.07) is 0. The van der Waals surface area contributed by atoms with Crippen molar-refractivity contribution in [2.45, 2.75) is 406 Å². The van der Waals surface area contributed by atoms with Crippen LogP contribution in [0.5, 0.6) is 0 Å². The Morgan fingerprint density at radius 3 is 0.641 bits per heavy atom. The maximum Gasteiger partial charge on any atom is 0.472 e. The molecule has 0 aliphatic rings. The van der Waals surface area contributed by atoms with E-state index < -0.39 is 97.5 Å². The number of hydrogen-bond acceptors (Lipinski definition) is 15. The monoisotopic (exact) mass is 1350 g/mol. The summed E-state index contributed by atoms with van der Waals surface area (Å²) in [6.07, 6.45) is 57.4. The van der Waals surface area contributed by atoms with Gasteiger partial charge in [-0.25, -0.2) is 9.13 Å². The highest BCUT2D eigenvalue weighted by molar-refractivity contribution is 7.47. The second kappa shape index (κ2) is 67.6. The quantitative estimate of drug-likeness (QED) is 0.0222. The van der Waals surface area contributed by atoms with Crippen LogP contribution in [-0.2, 0) is 65.4 Å². The van der Waals surface area contributed by atoms with Crippen molar-refractivity contribution in [3.8, 4) is 0 Å². The lowest BCUT2D eigenvalue weighted by molar-refractivity contribution is -0.161. The van der Waals surface area contributed by atoms with E-state index in [2.05, 4.69) is 27.7 Å². The van der Waals surface area contributed by atoms with Crippen LogP contribution in [-0.4, -0.2) is 96.7 Å². The van der Waals surface area contributed by atoms with Crippen molar-refractivity contribution < 1.29 is 80.2 Å². The number of rotatable bonds is 74. The summed E-state index contributed by atoms with van der Waals surface area (Å²) in [4.78, 5) is 72.3. The minimum atomic E-state index is -4.95. The molecule has 0 aromatic carbocycles. The normalized spacial score (nSPS) is 13.9. The number of carbonyl (C=O) groups excluding carboxylic acids is 4. The lowest BCUT2D eigenvalue weighted by atomic mass is 10.0. The number of aliphatic hydroxyl groups is 1. The van der Waals surface area contributed by atoms with Crippen LogP contribution in [0, 0.1) is 0 Å². The van der Waals surface area contributed by atoms with E-state index in [-0.39, 0.29) is 25.7 Å². The molecule has 92 heavy (non-hydrogen) atoms. The second-order valence-electron chi connectivity index (χ2n) is 26.3. The molecule has 0 saturated heterocycles. The number of carbonyl (C=O) groups is 4. The van der Waals surface area contributed by atoms with Gasteiger partial charge in [-0.2, -0.15) is 0 Å². The third kappa shape index (κ3) is 66.7. The maximum absolute atomic E-state index is 13.1. The summed E-state index contributed by atoms with van der Waals surface area (Å²) in [5.41, 5.74) is 0. The van der Waals surface area contributed by atoms with Gasteiger partial charge >= 0.3 is 39.5 Å². The van der Waals surface area contributed by atoms with Gasteiger partial charge in [0.15, 0.2) is 12.2 Å². The summed E-state index contributed by atoms with van der Waals surface area (Å²) in [5.74, 6) is -2.13. The molecule has 0 fully saturated rings. The maximum atomic E-state index is 13.1. The van der Waals surface area contributed by atoms with Gasteiger partial charge in [-0.05, 0) is 25.7 Å². The van der Waals surface area contributed by atoms with Crippen LogP contribution in [0.2, 0.25) is 0 Å². The SMILES string of the molecule is CCCCCCCCCCCCCCCCCCCCCCCCC(=O)O[C@H](COC(=O)CCCCCCCCCCCCCCCCCC)COP(=O)(O)OC[C@@H](O)COP(=O)(O)OC[C@@H](COC(=O)CCCCCCCCC)OC(=O)CCCCCCCCC. The lowest BCUT2D eigenvalue weighted by Crippen LogP contribution is -2.30. The molecular weight excluding hydrogens is 1210 g/mol. The van der Waals surface area contributed by atoms with Crippen molar-refractivity contribution in [3.05, 3.63) is 0 Å². The van der Waals surface area contributed by atoms with E-state index in [4.69, 9.17) is 37.0 Å². The van der Waals surface area contributed by atoms with Gasteiger partial charge in [-0.15, -0.1) is 0 Å². The highest BCUT2D eigenvalue weighted by Gasteiger charge is 2.30. The summed E-state index contributed by atoms with van der Waals surface area (Å²) in [5, 5.41) is 10.6. The van der Waals surface area contributed by atoms with E-state index >= 15 is 0 Å². The Labute approximate surface area is 562 Å². The van der Waals surface area contributed by atoms with Gasteiger partial charge in [0.25, 0.3) is 0 Å². The molecule has 0 aromatic heterocycles. The van der Waals surface area contributed by atoms with Crippen molar-refractivity contribution >= 4 is 39.5 Å². The van der Waals surface area contributed by atoms with Gasteiger partial charge in [0, 0.05) is 25.7 Å². The van der Waals surface area contributed by atoms with Gasteiger partial charge in [-0.3, -0.25) is 37.3 Å². The number of unbranched alkanes of at least 4 members (excludes halogenated alkanes) is 48. The Balaban J connectivity index is 5.09. The third-order valence-corrected chi connectivity index (χ3v) is 19.0. The molecule has 17 nitrogen and oxygen atoms in total. The molecular formula is C73H142O17P2. The van der Waals surface area contributed by atoms with Crippen molar-refractivity contribution in [3.63, 3.8) is 0 Å². The largest absolute Gasteiger partial charge is 0.472 e. The molecule has 19 heteroatoms. The Kier molecular flexibility index (Phi) is 66.2. The molecule has 546 valence electrons. The highest BCUT2D eigenvalue weighted by Crippen LogP contribution is 2.45. The number of hydrogen-bond donors (Lipinski definition) is 3. The molecule has 0 aliphatic carbocycles. The van der Waals surface area contributed by atoms with Gasteiger partial charge < -0.3 is 33.8 Å². The fourth-order valence-electron chi connectivity index (χ4n) is 11.2. The van der Waals surface area contributed by atoms with E-state index in [1.54, 1.807) is 0 Å². The third-order valence-electron chi connectivity index (χ3n) is 17.1. The van der Waals surface area contributed by atoms with Crippen molar-refractivity contribution in [1.82, 2.24) is 0 Å². The Hall–Kier alpha value is -1.94. The van der Waals surface area contributed by atoms with Crippen LogP contribution in [0.3, 0.4) is 0 Å². The average Bonchev–Trinajstić information content (AvgIpc) is 2.78. The lowest BCUT2D eigenvalue weighted by Gasteiger charge is -2.21. The molecule has 0 spiro atoms.